The number of carbonyl (C=O) groups is 1. The average molecular weight is 592 g/mol. The van der Waals surface area contributed by atoms with Gasteiger partial charge in [-0.1, -0.05) is 61.7 Å². The van der Waals surface area contributed by atoms with Crippen LogP contribution < -0.4 is 14.2 Å². The zero-order valence-corrected chi connectivity index (χ0v) is 25.9. The number of fused-ring (bicyclic) bond motifs is 1. The molecule has 0 unspecified atom stereocenters. The van der Waals surface area contributed by atoms with Crippen molar-refractivity contribution >= 4 is 17.6 Å². The second kappa shape index (κ2) is 13.0. The minimum absolute atomic E-state index is 0.113. The van der Waals surface area contributed by atoms with Gasteiger partial charge in [-0.25, -0.2) is 0 Å². The van der Waals surface area contributed by atoms with E-state index in [4.69, 9.17) is 25.8 Å². The predicted molar refractivity (Wildman–Crippen MR) is 167 cm³/mol. The molecule has 0 bridgehead atoms. The smallest absolute Gasteiger partial charge is 0.311 e. The van der Waals surface area contributed by atoms with E-state index in [1.165, 1.54) is 35.1 Å². The van der Waals surface area contributed by atoms with Crippen molar-refractivity contribution in [3.8, 4) is 28.4 Å². The lowest BCUT2D eigenvalue weighted by molar-refractivity contribution is -0.158. The lowest BCUT2D eigenvalue weighted by atomic mass is 9.82. The predicted octanol–water partition coefficient (Wildman–Crippen LogP) is 8.26. The van der Waals surface area contributed by atoms with Gasteiger partial charge in [-0.05, 0) is 80.0 Å². The average Bonchev–Trinajstić information content (AvgIpc) is 3.36. The van der Waals surface area contributed by atoms with Gasteiger partial charge in [-0.3, -0.25) is 9.69 Å². The molecule has 1 atom stereocenters. The first-order valence-electron chi connectivity index (χ1n) is 15.2. The molecule has 0 radical (unpaired) electrons. The van der Waals surface area contributed by atoms with E-state index in [2.05, 4.69) is 55.1 Å². The van der Waals surface area contributed by atoms with Crippen LogP contribution in [-0.4, -0.2) is 42.3 Å². The molecule has 1 aliphatic carbocycles. The Labute approximate surface area is 254 Å². The number of nitrogens with zero attached hydrogens (tertiary/aromatic N) is 1. The second-order valence-corrected chi connectivity index (χ2v) is 12.2. The molecule has 0 amide bonds. The van der Waals surface area contributed by atoms with Crippen molar-refractivity contribution in [1.29, 1.82) is 0 Å². The van der Waals surface area contributed by atoms with E-state index in [0.29, 0.717) is 37.0 Å². The highest BCUT2D eigenvalue weighted by molar-refractivity contribution is 6.32. The maximum atomic E-state index is 11.5. The third kappa shape index (κ3) is 6.25. The standard InChI is InChI=1S/C35H42ClNO5/c1-5-7-8-17-41-30-14-10-11-25(23(30)3)26-12-9-13-28-27(26)15-16-31(28)42-33-19-32(40-6-2)24(18-29(33)36)20-37-21-35(4,22-37)34(38)39/h9-14,18-19,31H,5-8,15-17,20-22H2,1-4H3,(H,38,39)/t31-/m0/s1. The zero-order chi connectivity index (χ0) is 29.9. The molecule has 7 heteroatoms. The molecule has 0 saturated carbocycles. The molecule has 6 nitrogen and oxygen atoms in total. The first-order valence-corrected chi connectivity index (χ1v) is 15.5. The number of aliphatic carboxylic acids is 1. The molecule has 0 aromatic heterocycles. The SMILES string of the molecule is CCCCCOc1cccc(-c2cccc3c2CC[C@@H]3Oc2cc(OCC)c(CN3CC(C)(C(=O)O)C3)cc2Cl)c1C. The molecule has 5 rings (SSSR count). The second-order valence-electron chi connectivity index (χ2n) is 11.8. The summed E-state index contributed by atoms with van der Waals surface area (Å²) in [6, 6.07) is 16.6. The number of unbranched alkanes of at least 4 members (excludes halogenated alkanes) is 2. The fourth-order valence-electron chi connectivity index (χ4n) is 6.25. The molecule has 2 aliphatic rings. The van der Waals surface area contributed by atoms with Crippen molar-refractivity contribution in [2.75, 3.05) is 26.3 Å². The lowest BCUT2D eigenvalue weighted by Crippen LogP contribution is -2.58. The lowest BCUT2D eigenvalue weighted by Gasteiger charge is -2.45. The van der Waals surface area contributed by atoms with Gasteiger partial charge >= 0.3 is 5.97 Å². The Hall–Kier alpha value is -3.22. The van der Waals surface area contributed by atoms with Crippen LogP contribution in [0.4, 0.5) is 0 Å². The number of hydrogen-bond donors (Lipinski definition) is 1. The van der Waals surface area contributed by atoms with Gasteiger partial charge in [0.25, 0.3) is 0 Å². The molecular formula is C35H42ClNO5. The maximum Gasteiger partial charge on any atom is 0.311 e. The van der Waals surface area contributed by atoms with Crippen LogP contribution in [0.15, 0.2) is 48.5 Å². The van der Waals surface area contributed by atoms with Gasteiger partial charge in [0.05, 0.1) is 23.7 Å². The number of likely N-dealkylation sites (tertiary alicyclic amines) is 1. The summed E-state index contributed by atoms with van der Waals surface area (Å²) in [6.07, 6.45) is 5.09. The number of benzene rings is 3. The minimum atomic E-state index is -0.760. The summed E-state index contributed by atoms with van der Waals surface area (Å²) < 4.78 is 18.7. The Balaban J connectivity index is 1.35. The summed E-state index contributed by atoms with van der Waals surface area (Å²) in [5.41, 5.74) is 6.33. The first-order chi connectivity index (χ1) is 20.2. The quantitative estimate of drug-likeness (QED) is 0.202. The Morgan fingerprint density at radius 2 is 1.79 bits per heavy atom. The molecule has 1 fully saturated rings. The number of ether oxygens (including phenoxy) is 3. The topological polar surface area (TPSA) is 68.2 Å². The van der Waals surface area contributed by atoms with Crippen LogP contribution >= 0.6 is 11.6 Å². The van der Waals surface area contributed by atoms with Crippen molar-refractivity contribution in [3.05, 3.63) is 75.8 Å². The van der Waals surface area contributed by atoms with E-state index in [-0.39, 0.29) is 6.10 Å². The van der Waals surface area contributed by atoms with Crippen LogP contribution in [-0.2, 0) is 17.8 Å². The van der Waals surface area contributed by atoms with Crippen molar-refractivity contribution in [3.63, 3.8) is 0 Å². The van der Waals surface area contributed by atoms with E-state index in [9.17, 15) is 9.90 Å². The molecule has 3 aromatic carbocycles. The van der Waals surface area contributed by atoms with Crippen LogP contribution in [0.2, 0.25) is 5.02 Å². The Morgan fingerprint density at radius 1 is 1.02 bits per heavy atom. The molecule has 0 spiro atoms. The van der Waals surface area contributed by atoms with E-state index >= 15 is 0 Å². The maximum absolute atomic E-state index is 11.5. The Morgan fingerprint density at radius 3 is 2.52 bits per heavy atom. The molecule has 1 saturated heterocycles. The number of carboxylic acids is 1. The van der Waals surface area contributed by atoms with Crippen molar-refractivity contribution in [2.24, 2.45) is 5.41 Å². The molecule has 1 aliphatic heterocycles. The van der Waals surface area contributed by atoms with E-state index < -0.39 is 11.4 Å². The molecule has 1 N–H and O–H groups in total. The van der Waals surface area contributed by atoms with Gasteiger partial charge in [0.15, 0.2) is 0 Å². The summed E-state index contributed by atoms with van der Waals surface area (Å²) >= 11 is 6.78. The van der Waals surface area contributed by atoms with E-state index in [1.54, 1.807) is 6.92 Å². The summed E-state index contributed by atoms with van der Waals surface area (Å²) in [6.45, 7) is 10.9. The number of rotatable bonds is 13. The molecule has 42 heavy (non-hydrogen) atoms. The third-order valence-corrected chi connectivity index (χ3v) is 8.83. The third-order valence-electron chi connectivity index (χ3n) is 8.53. The van der Waals surface area contributed by atoms with Gasteiger partial charge < -0.3 is 19.3 Å². The van der Waals surface area contributed by atoms with Gasteiger partial charge in [-0.2, -0.15) is 0 Å². The number of carboxylic acid groups (broad SMARTS) is 1. The number of halogens is 1. The van der Waals surface area contributed by atoms with Crippen LogP contribution in [0.25, 0.3) is 11.1 Å². The monoisotopic (exact) mass is 591 g/mol. The fourth-order valence-corrected chi connectivity index (χ4v) is 6.48. The molecule has 3 aromatic rings. The highest BCUT2D eigenvalue weighted by atomic mass is 35.5. The Bertz CT molecular complexity index is 1430. The fraction of sp³-hybridized carbons (Fsp3) is 0.457. The summed E-state index contributed by atoms with van der Waals surface area (Å²) in [7, 11) is 0. The summed E-state index contributed by atoms with van der Waals surface area (Å²) in [5.74, 6) is 1.52. The zero-order valence-electron chi connectivity index (χ0n) is 25.2. The Kier molecular flexibility index (Phi) is 9.34. The van der Waals surface area contributed by atoms with Gasteiger partial charge in [0.2, 0.25) is 0 Å². The van der Waals surface area contributed by atoms with E-state index in [0.717, 1.165) is 48.5 Å². The van der Waals surface area contributed by atoms with E-state index in [1.807, 2.05) is 19.1 Å². The largest absolute Gasteiger partial charge is 0.493 e. The van der Waals surface area contributed by atoms with Gasteiger partial charge in [-0.15, -0.1) is 0 Å². The normalized spacial score (nSPS) is 17.4. The summed E-state index contributed by atoms with van der Waals surface area (Å²) in [5, 5.41) is 9.99. The van der Waals surface area contributed by atoms with Gasteiger partial charge in [0, 0.05) is 31.3 Å². The van der Waals surface area contributed by atoms with Crippen molar-refractivity contribution in [1.82, 2.24) is 4.90 Å². The number of hydrogen-bond acceptors (Lipinski definition) is 5. The van der Waals surface area contributed by atoms with Crippen molar-refractivity contribution in [2.45, 2.75) is 72.4 Å². The highest BCUT2D eigenvalue weighted by Gasteiger charge is 2.45. The highest BCUT2D eigenvalue weighted by Crippen LogP contribution is 2.44. The van der Waals surface area contributed by atoms with Crippen LogP contribution in [0.1, 0.15) is 74.8 Å². The van der Waals surface area contributed by atoms with Gasteiger partial charge in [0.1, 0.15) is 23.4 Å². The molecule has 1 heterocycles. The summed E-state index contributed by atoms with van der Waals surface area (Å²) in [4.78, 5) is 13.6. The first kappa shape index (κ1) is 30.2. The van der Waals surface area contributed by atoms with Crippen LogP contribution in [0.5, 0.6) is 17.2 Å². The van der Waals surface area contributed by atoms with Crippen molar-refractivity contribution < 1.29 is 24.1 Å². The minimum Gasteiger partial charge on any atom is -0.493 e. The molecule has 224 valence electrons. The van der Waals surface area contributed by atoms with Crippen LogP contribution in [0.3, 0.4) is 0 Å². The molecular weight excluding hydrogens is 550 g/mol. The van der Waals surface area contributed by atoms with Crippen LogP contribution in [0, 0.1) is 12.3 Å².